The molecule has 0 aliphatic carbocycles. The molecule has 1 saturated heterocycles. The first-order valence-electron chi connectivity index (χ1n) is 6.71. The van der Waals surface area contributed by atoms with E-state index in [-0.39, 0.29) is 0 Å². The maximum Gasteiger partial charge on any atom is 0.0233 e. The van der Waals surface area contributed by atoms with Crippen LogP contribution in [0.25, 0.3) is 0 Å². The highest BCUT2D eigenvalue weighted by molar-refractivity contribution is 7.97. The zero-order valence-corrected chi connectivity index (χ0v) is 12.0. The number of hydrogen-bond acceptors (Lipinski definition) is 2. The summed E-state index contributed by atoms with van der Waals surface area (Å²) in [4.78, 5) is 1.40. The van der Waals surface area contributed by atoms with Gasteiger partial charge in [-0.05, 0) is 54.3 Å². The van der Waals surface area contributed by atoms with Crippen LogP contribution in [0.2, 0.25) is 0 Å². The minimum absolute atomic E-state index is 0.822. The van der Waals surface area contributed by atoms with Crippen molar-refractivity contribution in [1.29, 1.82) is 0 Å². The van der Waals surface area contributed by atoms with E-state index in [9.17, 15) is 0 Å². The fourth-order valence-corrected chi connectivity index (χ4v) is 3.46. The number of hydrogen-bond donors (Lipinski definition) is 0. The lowest BCUT2D eigenvalue weighted by atomic mass is 9.96. The third-order valence-electron chi connectivity index (χ3n) is 3.67. The summed E-state index contributed by atoms with van der Waals surface area (Å²) in [5.41, 5.74) is 1.44. The van der Waals surface area contributed by atoms with Gasteiger partial charge in [0.25, 0.3) is 0 Å². The molecule has 1 nitrogen and oxygen atoms in total. The fraction of sp³-hybridized carbons (Fsp3) is 0.600. The van der Waals surface area contributed by atoms with Gasteiger partial charge < -0.3 is 0 Å². The maximum atomic E-state index is 2.53. The van der Waals surface area contributed by atoms with Gasteiger partial charge in [-0.25, -0.2) is 4.31 Å². The predicted octanol–water partition coefficient (Wildman–Crippen LogP) is 4.23. The topological polar surface area (TPSA) is 3.24 Å². The summed E-state index contributed by atoms with van der Waals surface area (Å²) in [7, 11) is 0. The molecule has 94 valence electrons. The van der Waals surface area contributed by atoms with Gasteiger partial charge >= 0.3 is 0 Å². The molecule has 1 aliphatic rings. The van der Waals surface area contributed by atoms with Gasteiger partial charge in [-0.1, -0.05) is 32.9 Å². The van der Waals surface area contributed by atoms with Crippen molar-refractivity contribution in [1.82, 2.24) is 4.31 Å². The average Bonchev–Trinajstić information content (AvgIpc) is 2.78. The molecule has 0 radical (unpaired) electrons. The van der Waals surface area contributed by atoms with Crippen LogP contribution in [-0.4, -0.2) is 17.4 Å². The van der Waals surface area contributed by atoms with Gasteiger partial charge in [0.05, 0.1) is 0 Å². The van der Waals surface area contributed by atoms with Crippen molar-refractivity contribution in [3.05, 3.63) is 29.8 Å². The molecule has 1 atom stereocenters. The molecule has 1 fully saturated rings. The van der Waals surface area contributed by atoms with Crippen LogP contribution in [0.3, 0.4) is 0 Å². The first-order chi connectivity index (χ1) is 8.19. The Bertz CT molecular complexity index is 362. The van der Waals surface area contributed by atoms with Crippen molar-refractivity contribution < 1.29 is 0 Å². The maximum absolute atomic E-state index is 2.53. The molecule has 2 rings (SSSR count). The van der Waals surface area contributed by atoms with Crippen LogP contribution in [-0.2, 0) is 6.42 Å². The lowest BCUT2D eigenvalue weighted by Crippen LogP contribution is -2.14. The SMILES string of the molecule is CCc1cccc(SN2CCC(C(C)C)C2)c1. The van der Waals surface area contributed by atoms with E-state index in [1.54, 1.807) is 0 Å². The Labute approximate surface area is 110 Å². The van der Waals surface area contributed by atoms with Gasteiger partial charge in [-0.3, -0.25) is 0 Å². The van der Waals surface area contributed by atoms with E-state index in [1.807, 2.05) is 11.9 Å². The largest absolute Gasteiger partial charge is 0.246 e. The molecule has 17 heavy (non-hydrogen) atoms. The average molecular weight is 249 g/mol. The Morgan fingerprint density at radius 3 is 2.88 bits per heavy atom. The summed E-state index contributed by atoms with van der Waals surface area (Å²) in [6, 6.07) is 8.95. The zero-order valence-electron chi connectivity index (χ0n) is 11.1. The number of rotatable bonds is 4. The molecule has 1 unspecified atom stereocenters. The van der Waals surface area contributed by atoms with E-state index >= 15 is 0 Å². The summed E-state index contributed by atoms with van der Waals surface area (Å²) in [6.07, 6.45) is 2.49. The molecule has 0 aromatic heterocycles. The third kappa shape index (κ3) is 3.49. The molecule has 1 aromatic rings. The molecular weight excluding hydrogens is 226 g/mol. The van der Waals surface area contributed by atoms with Gasteiger partial charge in [-0.15, -0.1) is 0 Å². The quantitative estimate of drug-likeness (QED) is 0.735. The van der Waals surface area contributed by atoms with E-state index < -0.39 is 0 Å². The number of aryl methyl sites for hydroxylation is 1. The molecule has 0 amide bonds. The lowest BCUT2D eigenvalue weighted by molar-refractivity contribution is 0.401. The normalized spacial score (nSPS) is 21.3. The lowest BCUT2D eigenvalue weighted by Gasteiger charge is -2.17. The van der Waals surface area contributed by atoms with Crippen LogP contribution in [0.15, 0.2) is 29.2 Å². The summed E-state index contributed by atoms with van der Waals surface area (Å²) in [6.45, 7) is 9.39. The summed E-state index contributed by atoms with van der Waals surface area (Å²) in [5.74, 6) is 1.71. The van der Waals surface area contributed by atoms with Gasteiger partial charge in [0.2, 0.25) is 0 Å². The molecule has 1 aliphatic heterocycles. The van der Waals surface area contributed by atoms with Gasteiger partial charge in [0, 0.05) is 18.0 Å². The Balaban J connectivity index is 1.93. The van der Waals surface area contributed by atoms with Gasteiger partial charge in [0.15, 0.2) is 0 Å². The second-order valence-electron chi connectivity index (χ2n) is 5.27. The van der Waals surface area contributed by atoms with Crippen LogP contribution >= 0.6 is 11.9 Å². The van der Waals surface area contributed by atoms with E-state index in [0.717, 1.165) is 18.3 Å². The van der Waals surface area contributed by atoms with Crippen molar-refractivity contribution in [2.24, 2.45) is 11.8 Å². The van der Waals surface area contributed by atoms with Crippen molar-refractivity contribution >= 4 is 11.9 Å². The Morgan fingerprint density at radius 1 is 1.41 bits per heavy atom. The van der Waals surface area contributed by atoms with Crippen LogP contribution in [0, 0.1) is 11.8 Å². The summed E-state index contributed by atoms with van der Waals surface area (Å²) < 4.78 is 2.53. The standard InChI is InChI=1S/C15H23NS/c1-4-13-6-5-7-15(10-13)17-16-9-8-14(11-16)12(2)3/h5-7,10,12,14H,4,8-9,11H2,1-3H3. The predicted molar refractivity (Wildman–Crippen MR) is 76.2 cm³/mol. The molecule has 0 bridgehead atoms. The third-order valence-corrected chi connectivity index (χ3v) is 4.73. The zero-order chi connectivity index (χ0) is 12.3. The molecule has 1 heterocycles. The molecule has 0 N–H and O–H groups in total. The van der Waals surface area contributed by atoms with E-state index in [0.29, 0.717) is 0 Å². The Hall–Kier alpha value is -0.470. The molecule has 1 aromatic carbocycles. The van der Waals surface area contributed by atoms with Crippen molar-refractivity contribution in [3.8, 4) is 0 Å². The minimum Gasteiger partial charge on any atom is -0.246 e. The number of benzene rings is 1. The van der Waals surface area contributed by atoms with Crippen LogP contribution in [0.4, 0.5) is 0 Å². The van der Waals surface area contributed by atoms with Crippen LogP contribution in [0.1, 0.15) is 32.8 Å². The highest BCUT2D eigenvalue weighted by atomic mass is 32.2. The van der Waals surface area contributed by atoms with E-state index in [1.165, 1.54) is 30.0 Å². The second-order valence-corrected chi connectivity index (χ2v) is 6.44. The molecule has 2 heteroatoms. The molecular formula is C15H23NS. The highest BCUT2D eigenvalue weighted by Crippen LogP contribution is 2.32. The Morgan fingerprint density at radius 2 is 2.24 bits per heavy atom. The highest BCUT2D eigenvalue weighted by Gasteiger charge is 2.25. The van der Waals surface area contributed by atoms with E-state index in [2.05, 4.69) is 49.3 Å². The first kappa shape index (κ1) is 13.0. The molecule has 0 spiro atoms. The van der Waals surface area contributed by atoms with Crippen molar-refractivity contribution in [2.45, 2.75) is 38.5 Å². The fourth-order valence-electron chi connectivity index (χ4n) is 2.35. The van der Waals surface area contributed by atoms with Gasteiger partial charge in [0.1, 0.15) is 0 Å². The smallest absolute Gasteiger partial charge is 0.0233 e. The minimum atomic E-state index is 0.822. The number of nitrogens with zero attached hydrogens (tertiary/aromatic N) is 1. The van der Waals surface area contributed by atoms with E-state index in [4.69, 9.17) is 0 Å². The first-order valence-corrected chi connectivity index (χ1v) is 7.48. The van der Waals surface area contributed by atoms with Crippen LogP contribution in [0.5, 0.6) is 0 Å². The van der Waals surface area contributed by atoms with Crippen LogP contribution < -0.4 is 0 Å². The van der Waals surface area contributed by atoms with Crippen molar-refractivity contribution in [2.75, 3.05) is 13.1 Å². The summed E-state index contributed by atoms with van der Waals surface area (Å²) >= 11 is 1.94. The van der Waals surface area contributed by atoms with Gasteiger partial charge in [-0.2, -0.15) is 0 Å². The summed E-state index contributed by atoms with van der Waals surface area (Å²) in [5, 5.41) is 0. The Kier molecular flexibility index (Phi) is 4.52. The van der Waals surface area contributed by atoms with Crippen molar-refractivity contribution in [3.63, 3.8) is 0 Å². The second kappa shape index (κ2) is 5.92. The monoisotopic (exact) mass is 249 g/mol. The molecule has 0 saturated carbocycles.